The highest BCUT2D eigenvalue weighted by Crippen LogP contribution is 2.32. The Morgan fingerprint density at radius 2 is 2.13 bits per heavy atom. The molecule has 1 aliphatic rings. The Hall–Kier alpha value is -2.47. The third kappa shape index (κ3) is 3.84. The summed E-state index contributed by atoms with van der Waals surface area (Å²) in [5.74, 6) is 1.59. The number of likely N-dealkylation sites (tertiary alicyclic amines) is 1. The molecule has 0 unspecified atom stereocenters. The highest BCUT2D eigenvalue weighted by atomic mass is 16.1. The Bertz CT molecular complexity index is 661. The molecule has 2 aromatic rings. The van der Waals surface area contributed by atoms with Crippen LogP contribution in [0.25, 0.3) is 0 Å². The molecule has 0 saturated carbocycles. The van der Waals surface area contributed by atoms with Crippen LogP contribution in [0.4, 0.5) is 11.6 Å². The molecule has 3 rings (SSSR count). The average Bonchev–Trinajstić information content (AvgIpc) is 3.04. The summed E-state index contributed by atoms with van der Waals surface area (Å²) < 4.78 is 0. The minimum Gasteiger partial charge on any atom is -0.358 e. The fraction of sp³-hybridized carbons (Fsp3) is 0.353. The largest absolute Gasteiger partial charge is 0.358 e. The van der Waals surface area contributed by atoms with Gasteiger partial charge in [-0.25, -0.2) is 9.97 Å². The lowest BCUT2D eigenvalue weighted by atomic mass is 10.1. The first-order valence-corrected chi connectivity index (χ1v) is 7.85. The SMILES string of the molecule is CNC(=O)CN1CCC[C@H]1c1ccnc(Nc2ccccn2)c1. The third-order valence-corrected chi connectivity index (χ3v) is 4.08. The minimum atomic E-state index is 0.0535. The zero-order valence-corrected chi connectivity index (χ0v) is 13.2. The van der Waals surface area contributed by atoms with Crippen molar-refractivity contribution in [3.8, 4) is 0 Å². The van der Waals surface area contributed by atoms with Crippen molar-refractivity contribution in [2.75, 3.05) is 25.5 Å². The summed E-state index contributed by atoms with van der Waals surface area (Å²) in [6, 6.07) is 10.0. The number of amides is 1. The zero-order valence-electron chi connectivity index (χ0n) is 13.2. The van der Waals surface area contributed by atoms with E-state index in [-0.39, 0.29) is 11.9 Å². The maximum absolute atomic E-state index is 11.7. The first-order valence-electron chi connectivity index (χ1n) is 7.85. The van der Waals surface area contributed by atoms with Crippen molar-refractivity contribution in [2.45, 2.75) is 18.9 Å². The summed E-state index contributed by atoms with van der Waals surface area (Å²) in [5, 5.41) is 5.91. The first kappa shape index (κ1) is 15.4. The number of carbonyl (C=O) groups is 1. The van der Waals surface area contributed by atoms with Crippen LogP contribution in [0.5, 0.6) is 0 Å². The molecule has 0 bridgehead atoms. The lowest BCUT2D eigenvalue weighted by Crippen LogP contribution is -2.35. The van der Waals surface area contributed by atoms with E-state index in [4.69, 9.17) is 0 Å². The summed E-state index contributed by atoms with van der Waals surface area (Å²) >= 11 is 0. The minimum absolute atomic E-state index is 0.0535. The molecule has 1 saturated heterocycles. The Labute approximate surface area is 135 Å². The molecule has 23 heavy (non-hydrogen) atoms. The van der Waals surface area contributed by atoms with E-state index in [0.717, 1.165) is 31.0 Å². The van der Waals surface area contributed by atoms with E-state index in [1.54, 1.807) is 19.4 Å². The van der Waals surface area contributed by atoms with Gasteiger partial charge < -0.3 is 10.6 Å². The number of rotatable bonds is 5. The second-order valence-corrected chi connectivity index (χ2v) is 5.62. The zero-order chi connectivity index (χ0) is 16.1. The topological polar surface area (TPSA) is 70.2 Å². The van der Waals surface area contributed by atoms with E-state index < -0.39 is 0 Å². The number of aromatic nitrogens is 2. The predicted octanol–water partition coefficient (Wildman–Crippen LogP) is 2.10. The van der Waals surface area contributed by atoms with E-state index in [1.807, 2.05) is 30.3 Å². The smallest absolute Gasteiger partial charge is 0.233 e. The molecule has 1 aliphatic heterocycles. The summed E-state index contributed by atoms with van der Waals surface area (Å²) in [6.45, 7) is 1.38. The van der Waals surface area contributed by atoms with E-state index in [9.17, 15) is 4.79 Å². The molecule has 1 amide bonds. The van der Waals surface area contributed by atoms with Crippen molar-refractivity contribution in [3.05, 3.63) is 48.3 Å². The van der Waals surface area contributed by atoms with Crippen LogP contribution in [0, 0.1) is 0 Å². The van der Waals surface area contributed by atoms with Gasteiger partial charge in [0.25, 0.3) is 0 Å². The average molecular weight is 311 g/mol. The molecule has 0 aromatic carbocycles. The van der Waals surface area contributed by atoms with Gasteiger partial charge in [-0.2, -0.15) is 0 Å². The van der Waals surface area contributed by atoms with Gasteiger partial charge in [-0.05, 0) is 49.2 Å². The molecule has 3 heterocycles. The monoisotopic (exact) mass is 311 g/mol. The predicted molar refractivity (Wildman–Crippen MR) is 89.4 cm³/mol. The van der Waals surface area contributed by atoms with Gasteiger partial charge in [-0.1, -0.05) is 6.07 Å². The van der Waals surface area contributed by atoms with Crippen molar-refractivity contribution < 1.29 is 4.79 Å². The van der Waals surface area contributed by atoms with Crippen LogP contribution < -0.4 is 10.6 Å². The summed E-state index contributed by atoms with van der Waals surface area (Å²) in [4.78, 5) is 22.5. The van der Waals surface area contributed by atoms with Crippen LogP contribution >= 0.6 is 0 Å². The number of nitrogens with one attached hydrogen (secondary N) is 2. The second-order valence-electron chi connectivity index (χ2n) is 5.62. The number of nitrogens with zero attached hydrogens (tertiary/aromatic N) is 3. The lowest BCUT2D eigenvalue weighted by molar-refractivity contribution is -0.122. The molecule has 0 radical (unpaired) electrons. The van der Waals surface area contributed by atoms with Crippen molar-refractivity contribution in [1.29, 1.82) is 0 Å². The Kier molecular flexibility index (Phi) is 4.83. The van der Waals surface area contributed by atoms with Gasteiger partial charge in [0.05, 0.1) is 6.54 Å². The molecule has 1 atom stereocenters. The van der Waals surface area contributed by atoms with Crippen LogP contribution in [-0.2, 0) is 4.79 Å². The van der Waals surface area contributed by atoms with Gasteiger partial charge in [0.1, 0.15) is 11.6 Å². The van der Waals surface area contributed by atoms with E-state index in [0.29, 0.717) is 6.54 Å². The van der Waals surface area contributed by atoms with Gasteiger partial charge >= 0.3 is 0 Å². The number of hydrogen-bond donors (Lipinski definition) is 2. The fourth-order valence-corrected chi connectivity index (χ4v) is 2.95. The van der Waals surface area contributed by atoms with E-state index in [2.05, 4.69) is 25.5 Å². The Morgan fingerprint density at radius 3 is 2.91 bits per heavy atom. The molecule has 6 nitrogen and oxygen atoms in total. The second kappa shape index (κ2) is 7.19. The van der Waals surface area contributed by atoms with Crippen molar-refractivity contribution in [2.24, 2.45) is 0 Å². The van der Waals surface area contributed by atoms with Crippen LogP contribution in [0.1, 0.15) is 24.4 Å². The highest BCUT2D eigenvalue weighted by Gasteiger charge is 2.27. The fourth-order valence-electron chi connectivity index (χ4n) is 2.95. The van der Waals surface area contributed by atoms with Crippen LogP contribution in [0.2, 0.25) is 0 Å². The lowest BCUT2D eigenvalue weighted by Gasteiger charge is -2.24. The Balaban J connectivity index is 1.75. The first-order chi connectivity index (χ1) is 11.3. The third-order valence-electron chi connectivity index (χ3n) is 4.08. The molecule has 2 N–H and O–H groups in total. The van der Waals surface area contributed by atoms with Crippen molar-refractivity contribution in [3.63, 3.8) is 0 Å². The van der Waals surface area contributed by atoms with Gasteiger partial charge in [0.2, 0.25) is 5.91 Å². The van der Waals surface area contributed by atoms with Gasteiger partial charge in [0, 0.05) is 25.5 Å². The van der Waals surface area contributed by atoms with E-state index >= 15 is 0 Å². The summed E-state index contributed by atoms with van der Waals surface area (Å²) in [5.41, 5.74) is 1.18. The number of pyridine rings is 2. The van der Waals surface area contributed by atoms with Crippen LogP contribution in [-0.4, -0.2) is 40.9 Å². The molecule has 2 aromatic heterocycles. The summed E-state index contributed by atoms with van der Waals surface area (Å²) in [6.07, 6.45) is 5.71. The molecule has 120 valence electrons. The number of likely N-dealkylation sites (N-methyl/N-ethyl adjacent to an activating group) is 1. The normalized spacial score (nSPS) is 17.9. The van der Waals surface area contributed by atoms with Crippen LogP contribution in [0.15, 0.2) is 42.7 Å². The van der Waals surface area contributed by atoms with Crippen molar-refractivity contribution in [1.82, 2.24) is 20.2 Å². The van der Waals surface area contributed by atoms with Crippen LogP contribution in [0.3, 0.4) is 0 Å². The summed E-state index contributed by atoms with van der Waals surface area (Å²) in [7, 11) is 1.68. The molecule has 0 spiro atoms. The maximum atomic E-state index is 11.7. The molecule has 1 fully saturated rings. The van der Waals surface area contributed by atoms with E-state index in [1.165, 1.54) is 5.56 Å². The van der Waals surface area contributed by atoms with Crippen molar-refractivity contribution >= 4 is 17.5 Å². The number of carbonyl (C=O) groups excluding carboxylic acids is 1. The highest BCUT2D eigenvalue weighted by molar-refractivity contribution is 5.77. The molecule has 6 heteroatoms. The number of anilines is 2. The van der Waals surface area contributed by atoms with Gasteiger partial charge in [-0.3, -0.25) is 9.69 Å². The molecular formula is C17H21N5O. The molecule has 0 aliphatic carbocycles. The number of hydrogen-bond acceptors (Lipinski definition) is 5. The Morgan fingerprint density at radius 1 is 1.26 bits per heavy atom. The quantitative estimate of drug-likeness (QED) is 0.885. The van der Waals surface area contributed by atoms with Gasteiger partial charge in [0.15, 0.2) is 0 Å². The molecular weight excluding hydrogens is 290 g/mol. The maximum Gasteiger partial charge on any atom is 0.233 e. The standard InChI is InChI=1S/C17H21N5O/c1-18-17(23)12-22-10-4-5-14(22)13-7-9-20-16(11-13)21-15-6-2-3-8-19-15/h2-3,6-9,11,14H,4-5,10,12H2,1H3,(H,18,23)(H,19,20,21)/t14-/m0/s1. The van der Waals surface area contributed by atoms with Gasteiger partial charge in [-0.15, -0.1) is 0 Å².